The van der Waals surface area contributed by atoms with Crippen LogP contribution in [0, 0.1) is 5.92 Å². The Labute approximate surface area is 157 Å². The Bertz CT molecular complexity index is 839. The quantitative estimate of drug-likeness (QED) is 0.733. The van der Waals surface area contributed by atoms with Gasteiger partial charge in [-0.3, -0.25) is 14.4 Å². The Morgan fingerprint density at radius 2 is 1.48 bits per heavy atom. The van der Waals surface area contributed by atoms with E-state index in [2.05, 4.69) is 10.6 Å². The van der Waals surface area contributed by atoms with E-state index in [0.29, 0.717) is 22.7 Å². The van der Waals surface area contributed by atoms with Crippen molar-refractivity contribution >= 4 is 29.0 Å². The monoisotopic (exact) mass is 366 g/mol. The van der Waals surface area contributed by atoms with Crippen LogP contribution in [0.1, 0.15) is 37.0 Å². The van der Waals surface area contributed by atoms with Crippen LogP contribution in [-0.4, -0.2) is 23.7 Å². The fraction of sp³-hybridized carbons (Fsp3) is 0.286. The van der Waals surface area contributed by atoms with Gasteiger partial charge < -0.3 is 15.4 Å². The minimum Gasteiger partial charge on any atom is -0.481 e. The summed E-state index contributed by atoms with van der Waals surface area (Å²) in [6.45, 7) is 3.15. The zero-order chi connectivity index (χ0) is 19.4. The van der Waals surface area contributed by atoms with Crippen LogP contribution in [0.25, 0.3) is 0 Å². The van der Waals surface area contributed by atoms with Crippen molar-refractivity contribution in [2.75, 3.05) is 10.6 Å². The van der Waals surface area contributed by atoms with Crippen LogP contribution in [0.5, 0.6) is 5.75 Å². The molecule has 2 N–H and O–H groups in total. The van der Waals surface area contributed by atoms with E-state index in [4.69, 9.17) is 4.74 Å². The van der Waals surface area contributed by atoms with Gasteiger partial charge in [0, 0.05) is 22.9 Å². The van der Waals surface area contributed by atoms with Gasteiger partial charge in [0.1, 0.15) is 5.75 Å². The van der Waals surface area contributed by atoms with Crippen LogP contribution in [-0.2, 0) is 9.59 Å². The van der Waals surface area contributed by atoms with E-state index < -0.39 is 6.10 Å². The van der Waals surface area contributed by atoms with Crippen LogP contribution >= 0.6 is 0 Å². The largest absolute Gasteiger partial charge is 0.481 e. The number of nitrogens with one attached hydrogen (secondary N) is 2. The molecule has 0 aliphatic heterocycles. The maximum atomic E-state index is 12.3. The summed E-state index contributed by atoms with van der Waals surface area (Å²) in [4.78, 5) is 35.3. The summed E-state index contributed by atoms with van der Waals surface area (Å²) in [5.41, 5.74) is 1.92. The number of rotatable bonds is 7. The summed E-state index contributed by atoms with van der Waals surface area (Å²) in [6.07, 6.45) is 1.20. The molecule has 0 radical (unpaired) electrons. The number of carbonyl (C=O) groups excluding carboxylic acids is 3. The Balaban J connectivity index is 1.52. The van der Waals surface area contributed by atoms with Gasteiger partial charge in [-0.05, 0) is 75.2 Å². The topological polar surface area (TPSA) is 84.5 Å². The van der Waals surface area contributed by atoms with Crippen molar-refractivity contribution in [2.24, 2.45) is 5.92 Å². The molecule has 2 amide bonds. The molecule has 27 heavy (non-hydrogen) atoms. The molecule has 1 fully saturated rings. The van der Waals surface area contributed by atoms with Gasteiger partial charge in [-0.1, -0.05) is 0 Å². The van der Waals surface area contributed by atoms with Crippen molar-refractivity contribution in [3.05, 3.63) is 54.1 Å². The summed E-state index contributed by atoms with van der Waals surface area (Å²) in [7, 11) is 0. The zero-order valence-corrected chi connectivity index (χ0v) is 15.3. The number of ketones is 1. The van der Waals surface area contributed by atoms with Crippen LogP contribution in [0.15, 0.2) is 48.5 Å². The highest BCUT2D eigenvalue weighted by Gasteiger charge is 2.29. The van der Waals surface area contributed by atoms with Crippen molar-refractivity contribution < 1.29 is 19.1 Å². The summed E-state index contributed by atoms with van der Waals surface area (Å²) in [5, 5.41) is 5.63. The first kappa shape index (κ1) is 18.6. The summed E-state index contributed by atoms with van der Waals surface area (Å²) in [5.74, 6) is 0.391. The molecule has 6 heteroatoms. The molecule has 0 unspecified atom stereocenters. The third-order valence-electron chi connectivity index (χ3n) is 4.31. The van der Waals surface area contributed by atoms with E-state index in [1.54, 1.807) is 55.5 Å². The number of anilines is 2. The van der Waals surface area contributed by atoms with E-state index in [1.807, 2.05) is 0 Å². The number of hydrogen-bond donors (Lipinski definition) is 2. The SMILES string of the molecule is CC(=O)c1ccc(O[C@H](C)C(=O)Nc2ccc(NC(=O)C3CC3)cc2)cc1. The van der Waals surface area contributed by atoms with Gasteiger partial charge in [0.15, 0.2) is 11.9 Å². The predicted octanol–water partition coefficient (Wildman–Crippen LogP) is 3.64. The minimum absolute atomic E-state index is 0.0240. The van der Waals surface area contributed by atoms with Gasteiger partial charge in [0.2, 0.25) is 5.91 Å². The molecule has 3 rings (SSSR count). The van der Waals surface area contributed by atoms with E-state index >= 15 is 0 Å². The third-order valence-corrected chi connectivity index (χ3v) is 4.31. The molecule has 6 nitrogen and oxygen atoms in total. The number of benzene rings is 2. The van der Waals surface area contributed by atoms with Gasteiger partial charge in [-0.15, -0.1) is 0 Å². The molecule has 140 valence electrons. The minimum atomic E-state index is -0.706. The van der Waals surface area contributed by atoms with Crippen LogP contribution in [0.4, 0.5) is 11.4 Å². The zero-order valence-electron chi connectivity index (χ0n) is 15.3. The molecule has 1 aliphatic carbocycles. The van der Waals surface area contributed by atoms with Gasteiger partial charge in [0.25, 0.3) is 5.91 Å². The van der Waals surface area contributed by atoms with Crippen molar-refractivity contribution in [1.82, 2.24) is 0 Å². The Hall–Kier alpha value is -3.15. The smallest absolute Gasteiger partial charge is 0.265 e. The molecule has 2 aromatic carbocycles. The highest BCUT2D eigenvalue weighted by Crippen LogP contribution is 2.30. The van der Waals surface area contributed by atoms with Gasteiger partial charge in [-0.2, -0.15) is 0 Å². The molecule has 0 saturated heterocycles. The highest BCUT2D eigenvalue weighted by molar-refractivity contribution is 5.96. The average molecular weight is 366 g/mol. The standard InChI is InChI=1S/C21H22N2O4/c1-13(24)15-5-11-19(12-6-15)27-14(2)20(25)22-17-7-9-18(10-8-17)23-21(26)16-3-4-16/h5-12,14,16H,3-4H2,1-2H3,(H,22,25)(H,23,26)/t14-/m1/s1. The molecular formula is C21H22N2O4. The number of Topliss-reactive ketones (excluding diaryl/α,β-unsaturated/α-hetero) is 1. The summed E-state index contributed by atoms with van der Waals surface area (Å²) >= 11 is 0. The van der Waals surface area contributed by atoms with Gasteiger partial charge in [0.05, 0.1) is 0 Å². The lowest BCUT2D eigenvalue weighted by Crippen LogP contribution is -2.30. The normalized spacial score (nSPS) is 14.1. The number of carbonyl (C=O) groups is 3. The molecule has 1 atom stereocenters. The van der Waals surface area contributed by atoms with Crippen molar-refractivity contribution in [3.8, 4) is 5.75 Å². The predicted molar refractivity (Wildman–Crippen MR) is 103 cm³/mol. The fourth-order valence-corrected chi connectivity index (χ4v) is 2.50. The number of amides is 2. The van der Waals surface area contributed by atoms with Gasteiger partial charge >= 0.3 is 0 Å². The second-order valence-corrected chi connectivity index (χ2v) is 6.67. The van der Waals surface area contributed by atoms with Crippen LogP contribution in [0.2, 0.25) is 0 Å². The molecule has 0 aromatic heterocycles. The molecule has 1 saturated carbocycles. The second kappa shape index (κ2) is 8.03. The summed E-state index contributed by atoms with van der Waals surface area (Å²) in [6, 6.07) is 13.6. The third kappa shape index (κ3) is 5.17. The second-order valence-electron chi connectivity index (χ2n) is 6.67. The number of ether oxygens (including phenoxy) is 1. The molecule has 0 bridgehead atoms. The van der Waals surface area contributed by atoms with Crippen molar-refractivity contribution in [2.45, 2.75) is 32.8 Å². The lowest BCUT2D eigenvalue weighted by atomic mass is 10.1. The first-order valence-electron chi connectivity index (χ1n) is 8.92. The first-order valence-corrected chi connectivity index (χ1v) is 8.92. The first-order chi connectivity index (χ1) is 12.9. The maximum Gasteiger partial charge on any atom is 0.265 e. The van der Waals surface area contributed by atoms with Crippen molar-refractivity contribution in [1.29, 1.82) is 0 Å². The maximum absolute atomic E-state index is 12.3. The molecule has 0 heterocycles. The molecule has 2 aromatic rings. The van der Waals surface area contributed by atoms with Crippen molar-refractivity contribution in [3.63, 3.8) is 0 Å². The van der Waals surface area contributed by atoms with E-state index in [-0.39, 0.29) is 23.5 Å². The Morgan fingerprint density at radius 1 is 0.926 bits per heavy atom. The van der Waals surface area contributed by atoms with Gasteiger partial charge in [-0.25, -0.2) is 0 Å². The number of hydrogen-bond acceptors (Lipinski definition) is 4. The van der Waals surface area contributed by atoms with Crippen LogP contribution < -0.4 is 15.4 Å². The molecule has 0 spiro atoms. The Morgan fingerprint density at radius 3 is 2.00 bits per heavy atom. The van der Waals surface area contributed by atoms with E-state index in [1.165, 1.54) is 6.92 Å². The highest BCUT2D eigenvalue weighted by atomic mass is 16.5. The van der Waals surface area contributed by atoms with E-state index in [0.717, 1.165) is 12.8 Å². The lowest BCUT2D eigenvalue weighted by molar-refractivity contribution is -0.122. The molecular weight excluding hydrogens is 344 g/mol. The van der Waals surface area contributed by atoms with Crippen LogP contribution in [0.3, 0.4) is 0 Å². The Kier molecular flexibility index (Phi) is 5.54. The average Bonchev–Trinajstić information content (AvgIpc) is 3.49. The van der Waals surface area contributed by atoms with E-state index in [9.17, 15) is 14.4 Å². The molecule has 1 aliphatic rings. The summed E-state index contributed by atoms with van der Waals surface area (Å²) < 4.78 is 5.61. The fourth-order valence-electron chi connectivity index (χ4n) is 2.50. The lowest BCUT2D eigenvalue weighted by Gasteiger charge is -2.15.